The van der Waals surface area contributed by atoms with Gasteiger partial charge in [0, 0.05) is 12.7 Å². The zero-order valence-electron chi connectivity index (χ0n) is 16.9. The van der Waals surface area contributed by atoms with Crippen LogP contribution in [-0.2, 0) is 23.9 Å². The molecule has 3 aliphatic rings. The number of amides is 3. The molecule has 2 saturated heterocycles. The number of rotatable bonds is 4. The van der Waals surface area contributed by atoms with Gasteiger partial charge in [0.05, 0.1) is 16.0 Å². The summed E-state index contributed by atoms with van der Waals surface area (Å²) in [4.78, 5) is 63.7. The lowest BCUT2D eigenvalue weighted by molar-refractivity contribution is -0.178. The SMILES string of the molecule is CC(=O)OCOC(=O)C1N2C(=O)C(N3C(=O)c4cccc(C)c4C3=O)[C@@H]2SC[C@@]1(C)Cl. The lowest BCUT2D eigenvalue weighted by Crippen LogP contribution is -2.78. The summed E-state index contributed by atoms with van der Waals surface area (Å²) in [6.07, 6.45) is 0. The molecule has 4 rings (SSSR count). The normalized spacial score (nSPS) is 29.3. The van der Waals surface area contributed by atoms with Crippen molar-refractivity contribution in [3.63, 3.8) is 0 Å². The first-order valence-electron chi connectivity index (χ1n) is 9.46. The molecule has 0 N–H and O–H groups in total. The van der Waals surface area contributed by atoms with E-state index in [1.165, 1.54) is 23.6 Å². The molecule has 3 aliphatic heterocycles. The Hall–Kier alpha value is -2.59. The fourth-order valence-electron chi connectivity index (χ4n) is 4.10. The largest absolute Gasteiger partial charge is 0.428 e. The molecule has 0 saturated carbocycles. The van der Waals surface area contributed by atoms with Crippen LogP contribution in [0, 0.1) is 6.92 Å². The molecule has 4 atom stereocenters. The van der Waals surface area contributed by atoms with Crippen molar-refractivity contribution in [3.8, 4) is 0 Å². The number of aryl methyl sites for hydroxylation is 1. The number of hydrogen-bond donors (Lipinski definition) is 0. The van der Waals surface area contributed by atoms with Gasteiger partial charge in [-0.25, -0.2) is 4.79 Å². The van der Waals surface area contributed by atoms with Gasteiger partial charge in [-0.2, -0.15) is 0 Å². The maximum Gasteiger partial charge on any atom is 0.333 e. The van der Waals surface area contributed by atoms with Crippen molar-refractivity contribution < 1.29 is 33.4 Å². The second-order valence-corrected chi connectivity index (χ2v) is 9.74. The molecule has 0 radical (unpaired) electrons. The Labute approximate surface area is 187 Å². The van der Waals surface area contributed by atoms with Gasteiger partial charge >= 0.3 is 11.9 Å². The lowest BCUT2D eigenvalue weighted by atomic mass is 9.93. The number of hydrogen-bond acceptors (Lipinski definition) is 8. The number of imide groups is 1. The van der Waals surface area contributed by atoms with Gasteiger partial charge in [-0.1, -0.05) is 12.1 Å². The third-order valence-electron chi connectivity index (χ3n) is 5.56. The predicted molar refractivity (Wildman–Crippen MR) is 109 cm³/mol. The summed E-state index contributed by atoms with van der Waals surface area (Å²) < 4.78 is 9.61. The van der Waals surface area contributed by atoms with Gasteiger partial charge < -0.3 is 14.4 Å². The number of esters is 2. The fraction of sp³-hybridized carbons (Fsp3) is 0.450. The molecular weight excluding hydrogens is 448 g/mol. The topological polar surface area (TPSA) is 110 Å². The van der Waals surface area contributed by atoms with Crippen LogP contribution in [-0.4, -0.2) is 74.3 Å². The molecular formula is C20H19ClN2O7S. The molecule has 0 aliphatic carbocycles. The van der Waals surface area contributed by atoms with E-state index in [-0.39, 0.29) is 11.3 Å². The van der Waals surface area contributed by atoms with Gasteiger partial charge in [0.2, 0.25) is 6.79 Å². The van der Waals surface area contributed by atoms with Crippen LogP contribution in [0.1, 0.15) is 40.1 Å². The minimum atomic E-state index is -1.16. The first-order valence-corrected chi connectivity index (χ1v) is 10.9. The summed E-state index contributed by atoms with van der Waals surface area (Å²) in [6.45, 7) is 3.89. The highest BCUT2D eigenvalue weighted by Crippen LogP contribution is 2.48. The van der Waals surface area contributed by atoms with Gasteiger partial charge in [0.15, 0.2) is 6.04 Å². The Morgan fingerprint density at radius 3 is 2.58 bits per heavy atom. The van der Waals surface area contributed by atoms with Gasteiger partial charge in [-0.3, -0.25) is 24.1 Å². The van der Waals surface area contributed by atoms with Crippen LogP contribution in [0.25, 0.3) is 0 Å². The Balaban J connectivity index is 1.58. The monoisotopic (exact) mass is 466 g/mol. The number of alkyl halides is 1. The van der Waals surface area contributed by atoms with Crippen LogP contribution >= 0.6 is 23.4 Å². The van der Waals surface area contributed by atoms with Crippen LogP contribution in [0.4, 0.5) is 0 Å². The Morgan fingerprint density at radius 1 is 1.23 bits per heavy atom. The number of fused-ring (bicyclic) bond motifs is 2. The minimum Gasteiger partial charge on any atom is -0.428 e. The van der Waals surface area contributed by atoms with Gasteiger partial charge in [-0.15, -0.1) is 23.4 Å². The minimum absolute atomic E-state index is 0.261. The summed E-state index contributed by atoms with van der Waals surface area (Å²) in [5, 5.41) is -0.631. The van der Waals surface area contributed by atoms with Gasteiger partial charge in [0.25, 0.3) is 17.7 Å². The summed E-state index contributed by atoms with van der Waals surface area (Å²) >= 11 is 7.81. The average molecular weight is 467 g/mol. The van der Waals surface area contributed by atoms with Crippen LogP contribution in [0.5, 0.6) is 0 Å². The van der Waals surface area contributed by atoms with E-state index in [1.54, 1.807) is 32.0 Å². The highest BCUT2D eigenvalue weighted by molar-refractivity contribution is 8.00. The fourth-order valence-corrected chi connectivity index (χ4v) is 5.95. The number of halogens is 1. The van der Waals surface area contributed by atoms with Crippen molar-refractivity contribution in [1.29, 1.82) is 0 Å². The molecule has 0 aromatic heterocycles. The van der Waals surface area contributed by atoms with E-state index in [9.17, 15) is 24.0 Å². The molecule has 31 heavy (non-hydrogen) atoms. The lowest BCUT2D eigenvalue weighted by Gasteiger charge is -2.57. The number of nitrogens with zero attached hydrogens (tertiary/aromatic N) is 2. The van der Waals surface area contributed by atoms with Gasteiger partial charge in [0.1, 0.15) is 11.4 Å². The molecule has 0 bridgehead atoms. The Kier molecular flexibility index (Phi) is 5.25. The van der Waals surface area contributed by atoms with Crippen molar-refractivity contribution in [2.75, 3.05) is 12.5 Å². The third kappa shape index (κ3) is 3.28. The predicted octanol–water partition coefficient (Wildman–Crippen LogP) is 1.30. The van der Waals surface area contributed by atoms with E-state index >= 15 is 0 Å². The summed E-state index contributed by atoms with van der Waals surface area (Å²) in [5.41, 5.74) is 1.20. The number of thioether (sulfide) groups is 1. The highest BCUT2D eigenvalue weighted by Gasteiger charge is 2.65. The van der Waals surface area contributed by atoms with Crippen molar-refractivity contribution >= 4 is 53.0 Å². The number of benzene rings is 1. The van der Waals surface area contributed by atoms with E-state index in [0.29, 0.717) is 11.1 Å². The quantitative estimate of drug-likeness (QED) is 0.215. The molecule has 1 aromatic rings. The average Bonchev–Trinajstić information content (AvgIpc) is 2.93. The van der Waals surface area contributed by atoms with Crippen molar-refractivity contribution in [1.82, 2.24) is 9.80 Å². The van der Waals surface area contributed by atoms with Crippen LogP contribution in [0.3, 0.4) is 0 Å². The van der Waals surface area contributed by atoms with Crippen LogP contribution in [0.15, 0.2) is 18.2 Å². The zero-order valence-corrected chi connectivity index (χ0v) is 18.5. The molecule has 1 aromatic carbocycles. The van der Waals surface area contributed by atoms with E-state index in [1.807, 2.05) is 0 Å². The number of ether oxygens (including phenoxy) is 2. The molecule has 2 fully saturated rings. The first-order chi connectivity index (χ1) is 14.6. The van der Waals surface area contributed by atoms with Crippen LogP contribution in [0.2, 0.25) is 0 Å². The molecule has 3 amide bonds. The zero-order chi connectivity index (χ0) is 22.7. The van der Waals surface area contributed by atoms with E-state index < -0.39 is 58.8 Å². The number of β-lactam (4-membered cyclic amide) rings is 1. The van der Waals surface area contributed by atoms with E-state index in [0.717, 1.165) is 4.90 Å². The second kappa shape index (κ2) is 7.52. The second-order valence-electron chi connectivity index (χ2n) is 7.77. The molecule has 11 heteroatoms. The van der Waals surface area contributed by atoms with Gasteiger partial charge in [-0.05, 0) is 25.5 Å². The van der Waals surface area contributed by atoms with Crippen molar-refractivity contribution in [2.24, 2.45) is 0 Å². The summed E-state index contributed by atoms with van der Waals surface area (Å²) in [7, 11) is 0. The number of carbonyl (C=O) groups excluding carboxylic acids is 5. The smallest absolute Gasteiger partial charge is 0.333 e. The summed E-state index contributed by atoms with van der Waals surface area (Å²) in [5.74, 6) is -2.80. The van der Waals surface area contributed by atoms with Crippen LogP contribution < -0.4 is 0 Å². The van der Waals surface area contributed by atoms with Crippen molar-refractivity contribution in [3.05, 3.63) is 34.9 Å². The Bertz CT molecular complexity index is 1030. The molecule has 3 heterocycles. The first kappa shape index (κ1) is 21.6. The molecule has 2 unspecified atom stereocenters. The highest BCUT2D eigenvalue weighted by atomic mass is 35.5. The summed E-state index contributed by atoms with van der Waals surface area (Å²) in [6, 6.07) is 2.78. The number of carbonyl (C=O) groups is 5. The van der Waals surface area contributed by atoms with E-state index in [2.05, 4.69) is 4.74 Å². The molecule has 9 nitrogen and oxygen atoms in total. The maximum atomic E-state index is 13.1. The Morgan fingerprint density at radius 2 is 1.94 bits per heavy atom. The molecule has 164 valence electrons. The third-order valence-corrected chi connectivity index (χ3v) is 7.65. The standard InChI is InChI=1S/C20H19ClN2O7S/c1-9-5-4-6-11-12(9)16(26)22(15(11)25)13-17(27)23-14(19(28)30-8-29-10(2)24)20(3,21)7-31-18(13)23/h4-6,13-14,18H,7-8H2,1-3H3/t13?,14?,18-,20+/m0/s1. The maximum absolute atomic E-state index is 13.1. The molecule has 0 spiro atoms. The van der Waals surface area contributed by atoms with Crippen molar-refractivity contribution in [2.45, 2.75) is 43.1 Å². The van der Waals surface area contributed by atoms with E-state index in [4.69, 9.17) is 16.3 Å².